The van der Waals surface area contributed by atoms with Crippen molar-refractivity contribution in [3.8, 4) is 0 Å². The number of sulfonamides is 1. The molecular weight excluding hydrogens is 364 g/mol. The lowest BCUT2D eigenvalue weighted by atomic mass is 9.91. The number of amidine groups is 1. The van der Waals surface area contributed by atoms with E-state index in [4.69, 9.17) is 5.73 Å². The van der Waals surface area contributed by atoms with Crippen LogP contribution >= 0.6 is 0 Å². The van der Waals surface area contributed by atoms with Crippen LogP contribution in [0.3, 0.4) is 0 Å². The summed E-state index contributed by atoms with van der Waals surface area (Å²) in [7, 11) is -3.68. The van der Waals surface area contributed by atoms with Gasteiger partial charge in [0, 0.05) is 31.2 Å². The molecule has 0 radical (unpaired) electrons. The zero-order chi connectivity index (χ0) is 19.2. The van der Waals surface area contributed by atoms with Crippen LogP contribution in [-0.4, -0.2) is 61.7 Å². The summed E-state index contributed by atoms with van der Waals surface area (Å²) < 4.78 is 28.8. The summed E-state index contributed by atoms with van der Waals surface area (Å²) >= 11 is 0. The minimum Gasteiger partial charge on any atom is -0.343 e. The molecule has 7 nitrogen and oxygen atoms in total. The van der Waals surface area contributed by atoms with Crippen LogP contribution in [-0.2, 0) is 14.8 Å². The maximum Gasteiger partial charge on any atom is 0.285 e. The number of carbonyl (C=O) groups excluding carboxylic acids is 1. The Kier molecular flexibility index (Phi) is 4.71. The van der Waals surface area contributed by atoms with E-state index in [1.807, 2.05) is 16.7 Å². The first-order valence-corrected chi connectivity index (χ1v) is 11.1. The average molecular weight is 391 g/mol. The van der Waals surface area contributed by atoms with Gasteiger partial charge in [0.25, 0.3) is 10.0 Å². The minimum absolute atomic E-state index is 0.0662. The van der Waals surface area contributed by atoms with E-state index in [0.717, 1.165) is 32.2 Å². The molecule has 27 heavy (non-hydrogen) atoms. The third-order valence-corrected chi connectivity index (χ3v) is 7.26. The SMILES string of the molecule is CC(N)C1CCCN(C(=O)C2CCCN2C2=NS(=O)(=O)c3ccccc32)C1. The molecule has 2 N–H and O–H groups in total. The highest BCUT2D eigenvalue weighted by Gasteiger charge is 2.41. The van der Waals surface area contributed by atoms with Crippen LogP contribution in [0, 0.1) is 5.92 Å². The standard InChI is InChI=1S/C19H26N4O3S/c1-13(20)14-6-4-10-22(12-14)19(24)16-8-5-11-23(16)18-15-7-2-3-9-17(15)27(25,26)21-18/h2-3,7,9,13-14,16H,4-6,8,10-12,20H2,1H3. The van der Waals surface area contributed by atoms with Gasteiger partial charge >= 0.3 is 0 Å². The molecule has 3 aliphatic rings. The Labute approximate surface area is 160 Å². The molecule has 0 spiro atoms. The van der Waals surface area contributed by atoms with Crippen molar-refractivity contribution in [2.24, 2.45) is 16.0 Å². The first kappa shape index (κ1) is 18.4. The Morgan fingerprint density at radius 1 is 1.22 bits per heavy atom. The number of benzene rings is 1. The molecule has 0 aromatic heterocycles. The number of carbonyl (C=O) groups is 1. The van der Waals surface area contributed by atoms with Crippen LogP contribution in [0.15, 0.2) is 33.6 Å². The number of amides is 1. The minimum atomic E-state index is -3.68. The second kappa shape index (κ2) is 6.91. The molecule has 3 atom stereocenters. The first-order chi connectivity index (χ1) is 12.9. The number of fused-ring (bicyclic) bond motifs is 1. The average Bonchev–Trinajstić information content (AvgIpc) is 3.24. The number of nitrogens with zero attached hydrogens (tertiary/aromatic N) is 3. The zero-order valence-corrected chi connectivity index (χ0v) is 16.4. The van der Waals surface area contributed by atoms with Crippen molar-refractivity contribution in [3.05, 3.63) is 29.8 Å². The predicted molar refractivity (Wildman–Crippen MR) is 103 cm³/mol. The second-order valence-electron chi connectivity index (χ2n) is 7.78. The van der Waals surface area contributed by atoms with Gasteiger partial charge in [-0.25, -0.2) is 0 Å². The van der Waals surface area contributed by atoms with Crippen molar-refractivity contribution in [2.45, 2.75) is 49.6 Å². The molecule has 4 rings (SSSR count). The van der Waals surface area contributed by atoms with E-state index in [9.17, 15) is 13.2 Å². The normalized spacial score (nSPS) is 28.0. The molecule has 146 valence electrons. The highest BCUT2D eigenvalue weighted by Crippen LogP contribution is 2.32. The number of nitrogens with two attached hydrogens (primary N) is 1. The van der Waals surface area contributed by atoms with E-state index in [0.29, 0.717) is 30.4 Å². The van der Waals surface area contributed by atoms with Gasteiger partial charge in [0.05, 0.1) is 0 Å². The second-order valence-corrected chi connectivity index (χ2v) is 9.36. The van der Waals surface area contributed by atoms with E-state index >= 15 is 0 Å². The molecule has 3 aliphatic heterocycles. The van der Waals surface area contributed by atoms with E-state index in [1.54, 1.807) is 24.3 Å². The highest BCUT2D eigenvalue weighted by molar-refractivity contribution is 7.90. The highest BCUT2D eigenvalue weighted by atomic mass is 32.2. The number of hydrogen-bond donors (Lipinski definition) is 1. The fraction of sp³-hybridized carbons (Fsp3) is 0.579. The smallest absolute Gasteiger partial charge is 0.285 e. The van der Waals surface area contributed by atoms with Gasteiger partial charge in [0.2, 0.25) is 5.91 Å². The fourth-order valence-corrected chi connectivity index (χ4v) is 5.64. The van der Waals surface area contributed by atoms with Crippen molar-refractivity contribution in [2.75, 3.05) is 19.6 Å². The Bertz CT molecular complexity index is 881. The molecule has 3 unspecified atom stereocenters. The van der Waals surface area contributed by atoms with E-state index in [-0.39, 0.29) is 22.9 Å². The van der Waals surface area contributed by atoms with Crippen molar-refractivity contribution in [1.29, 1.82) is 0 Å². The van der Waals surface area contributed by atoms with E-state index in [2.05, 4.69) is 4.40 Å². The largest absolute Gasteiger partial charge is 0.343 e. The Hall–Kier alpha value is -1.93. The van der Waals surface area contributed by atoms with Crippen LogP contribution in [0.1, 0.15) is 38.2 Å². The molecular formula is C19H26N4O3S. The number of rotatable bonds is 2. The van der Waals surface area contributed by atoms with Crippen molar-refractivity contribution in [1.82, 2.24) is 9.80 Å². The quantitative estimate of drug-likeness (QED) is 0.818. The Morgan fingerprint density at radius 3 is 2.74 bits per heavy atom. The molecule has 1 amide bonds. The van der Waals surface area contributed by atoms with Gasteiger partial charge in [-0.15, -0.1) is 4.40 Å². The fourth-order valence-electron chi connectivity index (χ4n) is 4.42. The summed E-state index contributed by atoms with van der Waals surface area (Å²) in [6, 6.07) is 6.56. The van der Waals surface area contributed by atoms with Crippen molar-refractivity contribution < 1.29 is 13.2 Å². The zero-order valence-electron chi connectivity index (χ0n) is 15.5. The topological polar surface area (TPSA) is 96.1 Å². The molecule has 2 saturated heterocycles. The molecule has 8 heteroatoms. The molecule has 1 aromatic carbocycles. The maximum atomic E-state index is 13.2. The van der Waals surface area contributed by atoms with E-state index in [1.165, 1.54) is 0 Å². The van der Waals surface area contributed by atoms with Gasteiger partial charge in [0.15, 0.2) is 5.84 Å². The summed E-state index contributed by atoms with van der Waals surface area (Å²) in [5.74, 6) is 0.812. The maximum absolute atomic E-state index is 13.2. The third-order valence-electron chi connectivity index (χ3n) is 5.94. The molecule has 3 heterocycles. The summed E-state index contributed by atoms with van der Waals surface area (Å²) in [5.41, 5.74) is 6.66. The van der Waals surface area contributed by atoms with Crippen LogP contribution in [0.5, 0.6) is 0 Å². The van der Waals surface area contributed by atoms with Gasteiger partial charge in [-0.1, -0.05) is 12.1 Å². The van der Waals surface area contributed by atoms with Gasteiger partial charge in [0.1, 0.15) is 10.9 Å². The molecule has 0 aliphatic carbocycles. The van der Waals surface area contributed by atoms with Crippen LogP contribution in [0.25, 0.3) is 0 Å². The first-order valence-electron chi connectivity index (χ1n) is 9.64. The van der Waals surface area contributed by atoms with Crippen LogP contribution in [0.4, 0.5) is 0 Å². The van der Waals surface area contributed by atoms with Gasteiger partial charge in [-0.3, -0.25) is 4.79 Å². The summed E-state index contributed by atoms with van der Waals surface area (Å²) in [6.07, 6.45) is 3.58. The van der Waals surface area contributed by atoms with Gasteiger partial charge in [-0.05, 0) is 50.7 Å². The molecule has 0 saturated carbocycles. The van der Waals surface area contributed by atoms with Crippen LogP contribution in [0.2, 0.25) is 0 Å². The Morgan fingerprint density at radius 2 is 1.96 bits per heavy atom. The molecule has 0 bridgehead atoms. The lowest BCUT2D eigenvalue weighted by molar-refractivity contribution is -0.136. The van der Waals surface area contributed by atoms with Gasteiger partial charge < -0.3 is 15.5 Å². The van der Waals surface area contributed by atoms with Gasteiger partial charge in [-0.2, -0.15) is 8.42 Å². The van der Waals surface area contributed by atoms with Crippen molar-refractivity contribution >= 4 is 21.8 Å². The summed E-state index contributed by atoms with van der Waals surface area (Å²) in [5, 5.41) is 0. The lowest BCUT2D eigenvalue weighted by Crippen LogP contribution is -2.52. The van der Waals surface area contributed by atoms with Crippen molar-refractivity contribution in [3.63, 3.8) is 0 Å². The molecule has 1 aromatic rings. The Balaban J connectivity index is 1.59. The predicted octanol–water partition coefficient (Wildman–Crippen LogP) is 1.19. The lowest BCUT2D eigenvalue weighted by Gasteiger charge is -2.37. The summed E-state index contributed by atoms with van der Waals surface area (Å²) in [6.45, 7) is 4.06. The monoisotopic (exact) mass is 390 g/mol. The van der Waals surface area contributed by atoms with Crippen LogP contribution < -0.4 is 5.73 Å². The summed E-state index contributed by atoms with van der Waals surface area (Å²) in [4.78, 5) is 17.3. The van der Waals surface area contributed by atoms with E-state index < -0.39 is 10.0 Å². The number of hydrogen-bond acceptors (Lipinski definition) is 5. The number of likely N-dealkylation sites (tertiary alicyclic amines) is 2. The number of piperidine rings is 1. The third kappa shape index (κ3) is 3.25. The molecule has 2 fully saturated rings.